The molecule has 2 aromatic rings. The van der Waals surface area contributed by atoms with Crippen LogP contribution >= 0.6 is 0 Å². The number of nitrogens with one attached hydrogen (secondary N) is 1. The normalized spacial score (nSPS) is 12.4. The zero-order valence-electron chi connectivity index (χ0n) is 9.40. The van der Waals surface area contributed by atoms with Crippen LogP contribution in [-0.4, -0.2) is 17.3 Å². The smallest absolute Gasteiger partial charge is 0.126 e. The van der Waals surface area contributed by atoms with Crippen LogP contribution in [0.25, 0.3) is 11.1 Å². The van der Waals surface area contributed by atoms with Crippen LogP contribution in [0, 0.1) is 0 Å². The Kier molecular flexibility index (Phi) is 2.92. The fourth-order valence-electron chi connectivity index (χ4n) is 1.73. The first-order chi connectivity index (χ1) is 7.74. The highest BCUT2D eigenvalue weighted by Crippen LogP contribution is 2.32. The van der Waals surface area contributed by atoms with Crippen molar-refractivity contribution in [3.8, 4) is 16.9 Å². The summed E-state index contributed by atoms with van der Waals surface area (Å²) in [6.07, 6.45) is 1.77. The third-order valence-corrected chi connectivity index (χ3v) is 2.52. The van der Waals surface area contributed by atoms with E-state index in [9.17, 15) is 0 Å². The molecule has 1 unspecified atom stereocenters. The minimum absolute atomic E-state index is 0.0811. The van der Waals surface area contributed by atoms with Crippen molar-refractivity contribution in [2.24, 2.45) is 5.73 Å². The largest absolute Gasteiger partial charge is 0.496 e. The van der Waals surface area contributed by atoms with Crippen molar-refractivity contribution < 1.29 is 4.74 Å². The highest BCUT2D eigenvalue weighted by atomic mass is 16.5. The summed E-state index contributed by atoms with van der Waals surface area (Å²) in [4.78, 5) is 0. The first kappa shape index (κ1) is 10.7. The van der Waals surface area contributed by atoms with E-state index in [4.69, 9.17) is 10.5 Å². The van der Waals surface area contributed by atoms with E-state index in [1.807, 2.05) is 31.2 Å². The maximum Gasteiger partial charge on any atom is 0.126 e. The average Bonchev–Trinajstić information content (AvgIpc) is 2.77. The van der Waals surface area contributed by atoms with Gasteiger partial charge in [0.1, 0.15) is 5.75 Å². The Balaban J connectivity index is 2.54. The average molecular weight is 217 g/mol. The maximum absolute atomic E-state index is 5.88. The van der Waals surface area contributed by atoms with Gasteiger partial charge in [0.2, 0.25) is 0 Å². The lowest BCUT2D eigenvalue weighted by atomic mass is 10.0. The van der Waals surface area contributed by atoms with E-state index in [-0.39, 0.29) is 6.04 Å². The second-order valence-corrected chi connectivity index (χ2v) is 3.69. The van der Waals surface area contributed by atoms with E-state index in [0.29, 0.717) is 0 Å². The molecule has 0 aliphatic carbocycles. The first-order valence-electron chi connectivity index (χ1n) is 5.16. The number of aromatic amines is 1. The van der Waals surface area contributed by atoms with Crippen molar-refractivity contribution in [2.75, 3.05) is 7.11 Å². The van der Waals surface area contributed by atoms with Crippen LogP contribution in [0.15, 0.2) is 30.5 Å². The van der Waals surface area contributed by atoms with Gasteiger partial charge in [-0.05, 0) is 13.0 Å². The van der Waals surface area contributed by atoms with E-state index in [1.165, 1.54) is 0 Å². The van der Waals surface area contributed by atoms with Gasteiger partial charge in [0, 0.05) is 17.2 Å². The second-order valence-electron chi connectivity index (χ2n) is 3.69. The summed E-state index contributed by atoms with van der Waals surface area (Å²) in [5.74, 6) is 0.825. The fourth-order valence-corrected chi connectivity index (χ4v) is 1.73. The summed E-state index contributed by atoms with van der Waals surface area (Å²) in [7, 11) is 1.66. The van der Waals surface area contributed by atoms with E-state index in [2.05, 4.69) is 10.2 Å². The first-order valence-corrected chi connectivity index (χ1v) is 5.16. The van der Waals surface area contributed by atoms with Gasteiger partial charge in [-0.15, -0.1) is 0 Å². The monoisotopic (exact) mass is 217 g/mol. The molecule has 0 aliphatic heterocycles. The van der Waals surface area contributed by atoms with Gasteiger partial charge in [-0.1, -0.05) is 18.2 Å². The van der Waals surface area contributed by atoms with Gasteiger partial charge in [0.25, 0.3) is 0 Å². The third-order valence-electron chi connectivity index (χ3n) is 2.52. The van der Waals surface area contributed by atoms with Crippen molar-refractivity contribution >= 4 is 0 Å². The van der Waals surface area contributed by atoms with Crippen molar-refractivity contribution in [3.63, 3.8) is 0 Å². The standard InChI is InChI=1S/C12H15N3O/c1-8(13)12-10(7-14-15-12)9-5-3-4-6-11(9)16-2/h3-8H,13H2,1-2H3,(H,14,15). The molecule has 1 aromatic carbocycles. The molecule has 84 valence electrons. The lowest BCUT2D eigenvalue weighted by Gasteiger charge is -2.10. The molecule has 0 aliphatic rings. The van der Waals surface area contributed by atoms with Crippen molar-refractivity contribution in [3.05, 3.63) is 36.2 Å². The predicted octanol–water partition coefficient (Wildman–Crippen LogP) is 2.10. The SMILES string of the molecule is COc1ccccc1-c1cn[nH]c1C(C)N. The quantitative estimate of drug-likeness (QED) is 0.827. The summed E-state index contributed by atoms with van der Waals surface area (Å²) in [6.45, 7) is 1.92. The zero-order valence-corrected chi connectivity index (χ0v) is 9.40. The van der Waals surface area contributed by atoms with Gasteiger partial charge in [0.05, 0.1) is 19.0 Å². The highest BCUT2D eigenvalue weighted by molar-refractivity contribution is 5.72. The van der Waals surface area contributed by atoms with Crippen molar-refractivity contribution in [1.29, 1.82) is 0 Å². The summed E-state index contributed by atoms with van der Waals surface area (Å²) < 4.78 is 5.32. The molecule has 0 saturated carbocycles. The highest BCUT2D eigenvalue weighted by Gasteiger charge is 2.14. The minimum Gasteiger partial charge on any atom is -0.496 e. The molecule has 0 spiro atoms. The number of aromatic nitrogens is 2. The Hall–Kier alpha value is -1.81. The maximum atomic E-state index is 5.88. The molecule has 0 amide bonds. The number of methoxy groups -OCH3 is 1. The fraction of sp³-hybridized carbons (Fsp3) is 0.250. The summed E-state index contributed by atoms with van der Waals surface area (Å²) in [5, 5.41) is 6.96. The predicted molar refractivity (Wildman–Crippen MR) is 63.2 cm³/mol. The van der Waals surface area contributed by atoms with E-state index in [1.54, 1.807) is 13.3 Å². The Labute approximate surface area is 94.4 Å². The number of hydrogen-bond donors (Lipinski definition) is 2. The van der Waals surface area contributed by atoms with Crippen LogP contribution in [0.3, 0.4) is 0 Å². The molecule has 16 heavy (non-hydrogen) atoms. The van der Waals surface area contributed by atoms with Crippen LogP contribution in [0.2, 0.25) is 0 Å². The number of benzene rings is 1. The van der Waals surface area contributed by atoms with Gasteiger partial charge >= 0.3 is 0 Å². The van der Waals surface area contributed by atoms with E-state index >= 15 is 0 Å². The molecule has 0 fully saturated rings. The number of nitrogens with two attached hydrogens (primary N) is 1. The molecule has 1 atom stereocenters. The van der Waals surface area contributed by atoms with Crippen LogP contribution in [-0.2, 0) is 0 Å². The Bertz CT molecular complexity index is 477. The van der Waals surface area contributed by atoms with Gasteiger partial charge < -0.3 is 10.5 Å². The molecule has 4 heteroatoms. The lowest BCUT2D eigenvalue weighted by molar-refractivity contribution is 0.416. The van der Waals surface area contributed by atoms with E-state index < -0.39 is 0 Å². The number of hydrogen-bond acceptors (Lipinski definition) is 3. The molecule has 0 saturated heterocycles. The second kappa shape index (κ2) is 4.37. The Morgan fingerprint density at radius 2 is 2.06 bits per heavy atom. The summed E-state index contributed by atoms with van der Waals surface area (Å²) in [5.41, 5.74) is 8.80. The van der Waals surface area contributed by atoms with Crippen LogP contribution < -0.4 is 10.5 Å². The molecule has 1 heterocycles. The number of rotatable bonds is 3. The minimum atomic E-state index is -0.0811. The van der Waals surface area contributed by atoms with Gasteiger partial charge in [0.15, 0.2) is 0 Å². The molecular weight excluding hydrogens is 202 g/mol. The molecule has 3 N–H and O–H groups in total. The molecule has 0 radical (unpaired) electrons. The molecule has 4 nitrogen and oxygen atoms in total. The Morgan fingerprint density at radius 3 is 2.75 bits per heavy atom. The zero-order chi connectivity index (χ0) is 11.5. The lowest BCUT2D eigenvalue weighted by Crippen LogP contribution is -2.06. The van der Waals surface area contributed by atoms with E-state index in [0.717, 1.165) is 22.6 Å². The van der Waals surface area contributed by atoms with Gasteiger partial charge in [-0.25, -0.2) is 0 Å². The van der Waals surface area contributed by atoms with Gasteiger partial charge in [-0.3, -0.25) is 5.10 Å². The number of ether oxygens (including phenoxy) is 1. The van der Waals surface area contributed by atoms with Gasteiger partial charge in [-0.2, -0.15) is 5.10 Å². The number of nitrogens with zero attached hydrogens (tertiary/aromatic N) is 1. The molecule has 2 rings (SSSR count). The molecule has 1 aromatic heterocycles. The summed E-state index contributed by atoms with van der Waals surface area (Å²) >= 11 is 0. The summed E-state index contributed by atoms with van der Waals surface area (Å²) in [6, 6.07) is 7.74. The number of para-hydroxylation sites is 1. The Morgan fingerprint density at radius 1 is 1.31 bits per heavy atom. The molecule has 0 bridgehead atoms. The third kappa shape index (κ3) is 1.79. The van der Waals surface area contributed by atoms with Crippen LogP contribution in [0.4, 0.5) is 0 Å². The topological polar surface area (TPSA) is 63.9 Å². The van der Waals surface area contributed by atoms with Crippen molar-refractivity contribution in [1.82, 2.24) is 10.2 Å². The van der Waals surface area contributed by atoms with Crippen LogP contribution in [0.1, 0.15) is 18.7 Å². The van der Waals surface area contributed by atoms with Crippen molar-refractivity contribution in [2.45, 2.75) is 13.0 Å². The van der Waals surface area contributed by atoms with Crippen LogP contribution in [0.5, 0.6) is 5.75 Å². The number of H-pyrrole nitrogens is 1. The molecular formula is C12H15N3O.